The van der Waals surface area contributed by atoms with Gasteiger partial charge in [-0.25, -0.2) is 0 Å². The first kappa shape index (κ1) is 16.5. The Morgan fingerprint density at radius 1 is 1.38 bits per heavy atom. The fourth-order valence-electron chi connectivity index (χ4n) is 2.75. The third kappa shape index (κ3) is 3.94. The topological polar surface area (TPSA) is 67.6 Å². The molecule has 0 aliphatic carbocycles. The van der Waals surface area contributed by atoms with Crippen LogP contribution in [0.2, 0.25) is 0 Å². The molecule has 0 radical (unpaired) electrons. The molecule has 6 nitrogen and oxygen atoms in total. The van der Waals surface area contributed by atoms with E-state index in [2.05, 4.69) is 23.5 Å². The first-order valence-electron chi connectivity index (χ1n) is 8.18. The molecule has 1 aromatic carbocycles. The Morgan fingerprint density at radius 2 is 2.21 bits per heavy atom. The molecule has 0 bridgehead atoms. The number of rotatable bonds is 6. The van der Waals surface area contributed by atoms with Crippen molar-refractivity contribution in [1.82, 2.24) is 15.4 Å². The second-order valence-electron chi connectivity index (χ2n) is 6.47. The van der Waals surface area contributed by atoms with Crippen LogP contribution in [0.1, 0.15) is 18.2 Å². The molecule has 1 amide bonds. The lowest BCUT2D eigenvalue weighted by molar-refractivity contribution is -0.120. The van der Waals surface area contributed by atoms with Gasteiger partial charge in [0.2, 0.25) is 5.91 Å². The average Bonchev–Trinajstić information content (AvgIpc) is 3.11. The van der Waals surface area contributed by atoms with E-state index in [0.29, 0.717) is 18.0 Å². The summed E-state index contributed by atoms with van der Waals surface area (Å²) in [5.74, 6) is 1.56. The lowest BCUT2D eigenvalue weighted by Crippen LogP contribution is -2.32. The van der Waals surface area contributed by atoms with Gasteiger partial charge in [-0.05, 0) is 44.8 Å². The van der Waals surface area contributed by atoms with Gasteiger partial charge in [0.25, 0.3) is 0 Å². The van der Waals surface area contributed by atoms with Crippen molar-refractivity contribution >= 4 is 5.91 Å². The van der Waals surface area contributed by atoms with Gasteiger partial charge in [-0.3, -0.25) is 4.79 Å². The Bertz CT molecular complexity index is 724. The number of aromatic nitrogens is 1. The van der Waals surface area contributed by atoms with Crippen LogP contribution in [-0.2, 0) is 17.6 Å². The fourth-order valence-corrected chi connectivity index (χ4v) is 2.75. The van der Waals surface area contributed by atoms with Gasteiger partial charge in [0.05, 0.1) is 12.1 Å². The number of hydrogen-bond acceptors (Lipinski definition) is 5. The van der Waals surface area contributed by atoms with E-state index in [1.165, 1.54) is 5.56 Å². The molecule has 1 N–H and O–H groups in total. The van der Waals surface area contributed by atoms with Gasteiger partial charge in [0.15, 0.2) is 5.76 Å². The predicted molar refractivity (Wildman–Crippen MR) is 91.0 cm³/mol. The lowest BCUT2D eigenvalue weighted by Gasteiger charge is -2.09. The fraction of sp³-hybridized carbons (Fsp3) is 0.444. The quantitative estimate of drug-likeness (QED) is 0.876. The van der Waals surface area contributed by atoms with Crippen molar-refractivity contribution in [2.24, 2.45) is 0 Å². The molecule has 2 heterocycles. The summed E-state index contributed by atoms with van der Waals surface area (Å²) in [6, 6.07) is 7.81. The van der Waals surface area contributed by atoms with Gasteiger partial charge in [-0.2, -0.15) is 0 Å². The van der Waals surface area contributed by atoms with Crippen LogP contribution in [0.3, 0.4) is 0 Å². The lowest BCUT2D eigenvalue weighted by atomic mass is 10.1. The minimum absolute atomic E-state index is 0.0483. The number of ether oxygens (including phenoxy) is 1. The standard InChI is InChI=1S/C18H23N3O3/c1-12-8-14-9-13(4-5-16(14)23-12)17-10-15(20-24-17)11-18(22)19-6-7-21(2)3/h4-5,9-10,12H,6-8,11H2,1-3H3,(H,19,22). The summed E-state index contributed by atoms with van der Waals surface area (Å²) in [6.45, 7) is 3.49. The smallest absolute Gasteiger partial charge is 0.226 e. The Labute approximate surface area is 141 Å². The molecule has 3 rings (SSSR count). The van der Waals surface area contributed by atoms with Crippen molar-refractivity contribution in [2.75, 3.05) is 27.2 Å². The van der Waals surface area contributed by atoms with Crippen LogP contribution < -0.4 is 10.1 Å². The highest BCUT2D eigenvalue weighted by atomic mass is 16.5. The number of fused-ring (bicyclic) bond motifs is 1. The zero-order valence-electron chi connectivity index (χ0n) is 14.3. The molecule has 0 spiro atoms. The monoisotopic (exact) mass is 329 g/mol. The molecule has 0 saturated carbocycles. The number of carbonyl (C=O) groups excluding carboxylic acids is 1. The number of likely N-dealkylation sites (N-methyl/N-ethyl adjacent to an activating group) is 1. The second-order valence-corrected chi connectivity index (χ2v) is 6.47. The second kappa shape index (κ2) is 7.05. The number of nitrogens with one attached hydrogen (secondary N) is 1. The van der Waals surface area contributed by atoms with Gasteiger partial charge in [0, 0.05) is 31.1 Å². The molecule has 1 aliphatic rings. The predicted octanol–water partition coefficient (Wildman–Crippen LogP) is 1.89. The van der Waals surface area contributed by atoms with Crippen LogP contribution in [0.5, 0.6) is 5.75 Å². The van der Waals surface area contributed by atoms with Crippen molar-refractivity contribution < 1.29 is 14.1 Å². The van der Waals surface area contributed by atoms with E-state index in [4.69, 9.17) is 9.26 Å². The van der Waals surface area contributed by atoms with Crippen molar-refractivity contribution in [3.8, 4) is 17.1 Å². The minimum Gasteiger partial charge on any atom is -0.490 e. The van der Waals surface area contributed by atoms with Crippen molar-refractivity contribution in [2.45, 2.75) is 25.9 Å². The summed E-state index contributed by atoms with van der Waals surface area (Å²) < 4.78 is 11.1. The van der Waals surface area contributed by atoms with Gasteiger partial charge in [0.1, 0.15) is 11.9 Å². The summed E-state index contributed by atoms with van der Waals surface area (Å²) in [4.78, 5) is 13.9. The Morgan fingerprint density at radius 3 is 3.00 bits per heavy atom. The third-order valence-corrected chi connectivity index (χ3v) is 3.96. The van der Waals surface area contributed by atoms with E-state index in [-0.39, 0.29) is 18.4 Å². The van der Waals surface area contributed by atoms with E-state index >= 15 is 0 Å². The van der Waals surface area contributed by atoms with Gasteiger partial charge in [-0.15, -0.1) is 0 Å². The van der Waals surface area contributed by atoms with Crippen LogP contribution in [0.15, 0.2) is 28.8 Å². The maximum absolute atomic E-state index is 11.9. The Balaban J connectivity index is 1.62. The molecule has 1 aliphatic heterocycles. The SMILES string of the molecule is CC1Cc2cc(-c3cc(CC(=O)NCCN(C)C)no3)ccc2O1. The normalized spacial score (nSPS) is 16.1. The Hall–Kier alpha value is -2.34. The van der Waals surface area contributed by atoms with Crippen LogP contribution in [0, 0.1) is 0 Å². The Kier molecular flexibility index (Phi) is 4.85. The zero-order valence-corrected chi connectivity index (χ0v) is 14.3. The first-order chi connectivity index (χ1) is 11.5. The van der Waals surface area contributed by atoms with Crippen molar-refractivity contribution in [3.05, 3.63) is 35.5 Å². The van der Waals surface area contributed by atoms with Gasteiger partial charge in [-0.1, -0.05) is 5.16 Å². The maximum Gasteiger partial charge on any atom is 0.226 e. The van der Waals surface area contributed by atoms with Crippen molar-refractivity contribution in [3.63, 3.8) is 0 Å². The van der Waals surface area contributed by atoms with E-state index in [9.17, 15) is 4.79 Å². The largest absolute Gasteiger partial charge is 0.490 e. The number of nitrogens with zero attached hydrogens (tertiary/aromatic N) is 2. The summed E-state index contributed by atoms with van der Waals surface area (Å²) in [7, 11) is 3.94. The first-order valence-corrected chi connectivity index (χ1v) is 8.18. The molecule has 1 aromatic heterocycles. The zero-order chi connectivity index (χ0) is 17.1. The number of amides is 1. The molecular weight excluding hydrogens is 306 g/mol. The highest BCUT2D eigenvalue weighted by Crippen LogP contribution is 2.33. The summed E-state index contributed by atoms with van der Waals surface area (Å²) in [5, 5.41) is 6.88. The van der Waals surface area contributed by atoms with Crippen LogP contribution >= 0.6 is 0 Å². The van der Waals surface area contributed by atoms with Crippen LogP contribution in [0.25, 0.3) is 11.3 Å². The molecule has 2 aromatic rings. The number of hydrogen-bond donors (Lipinski definition) is 1. The summed E-state index contributed by atoms with van der Waals surface area (Å²) in [5.41, 5.74) is 2.77. The molecule has 6 heteroatoms. The molecule has 24 heavy (non-hydrogen) atoms. The summed E-state index contributed by atoms with van der Waals surface area (Å²) >= 11 is 0. The highest BCUT2D eigenvalue weighted by Gasteiger charge is 2.20. The molecule has 0 saturated heterocycles. The molecule has 1 atom stereocenters. The molecule has 0 fully saturated rings. The van der Waals surface area contributed by atoms with E-state index in [0.717, 1.165) is 24.3 Å². The van der Waals surface area contributed by atoms with Crippen LogP contribution in [0.4, 0.5) is 0 Å². The number of carbonyl (C=O) groups is 1. The molecule has 1 unspecified atom stereocenters. The van der Waals surface area contributed by atoms with Gasteiger partial charge < -0.3 is 19.5 Å². The van der Waals surface area contributed by atoms with E-state index < -0.39 is 0 Å². The average molecular weight is 329 g/mol. The highest BCUT2D eigenvalue weighted by molar-refractivity contribution is 5.78. The summed E-state index contributed by atoms with van der Waals surface area (Å²) in [6.07, 6.45) is 1.34. The van der Waals surface area contributed by atoms with Crippen LogP contribution in [-0.4, -0.2) is 49.3 Å². The van der Waals surface area contributed by atoms with E-state index in [1.807, 2.05) is 37.2 Å². The maximum atomic E-state index is 11.9. The van der Waals surface area contributed by atoms with Gasteiger partial charge >= 0.3 is 0 Å². The molecule has 128 valence electrons. The third-order valence-electron chi connectivity index (χ3n) is 3.96. The minimum atomic E-state index is -0.0483. The number of benzene rings is 1. The van der Waals surface area contributed by atoms with E-state index in [1.54, 1.807) is 0 Å². The molecular formula is C18H23N3O3. The van der Waals surface area contributed by atoms with Crippen molar-refractivity contribution in [1.29, 1.82) is 0 Å².